The Hall–Kier alpha value is -7.29. The zero-order valence-electron chi connectivity index (χ0n) is 33.7. The molecular formula is C53H48O7S. The van der Waals surface area contributed by atoms with Gasteiger partial charge in [-0.15, -0.1) is 11.3 Å². The highest BCUT2D eigenvalue weighted by Gasteiger charge is 2.22. The maximum atomic E-state index is 12.2. The minimum Gasteiger partial charge on any atom is -0.294 e. The Kier molecular flexibility index (Phi) is 17.3. The van der Waals surface area contributed by atoms with E-state index in [9.17, 15) is 24.0 Å². The molecule has 0 bridgehead atoms. The first-order valence-electron chi connectivity index (χ1n) is 19.1. The second-order valence-electron chi connectivity index (χ2n) is 14.4. The van der Waals surface area contributed by atoms with Crippen molar-refractivity contribution < 1.29 is 29.0 Å². The standard InChI is InChI=1S/C14H10O4.C14H10OS.C13H10O.C11H14O.CH4/c15-13(11-7-3-1-4-8-11)17-18-14(16)12-9-5-2-6-10-12;1-9-6-7-13-11(8-9)14(15)10-4-2-3-5-12(10)16-13;14-13(11-7-3-1-4-8-11)12-9-5-2-6-10-12;1-11(2,3)10(12)9-7-5-4-6-8-9;/h1-10H;2-8H,1H3;1-10H;4-8H,1-3H3;1H4. The summed E-state index contributed by atoms with van der Waals surface area (Å²) in [5, 5.41) is 1.66. The first-order valence-corrected chi connectivity index (χ1v) is 19.9. The molecule has 0 fully saturated rings. The van der Waals surface area contributed by atoms with E-state index in [1.165, 1.54) is 0 Å². The molecule has 0 radical (unpaired) electrons. The van der Waals surface area contributed by atoms with Crippen molar-refractivity contribution in [1.29, 1.82) is 0 Å². The Balaban J connectivity index is 0.000000180. The lowest BCUT2D eigenvalue weighted by atomic mass is 9.87. The van der Waals surface area contributed by atoms with Gasteiger partial charge in [-0.3, -0.25) is 14.4 Å². The van der Waals surface area contributed by atoms with E-state index < -0.39 is 11.9 Å². The van der Waals surface area contributed by atoms with Crippen LogP contribution in [0.3, 0.4) is 0 Å². The number of fused-ring (bicyclic) bond motifs is 2. The predicted octanol–water partition coefficient (Wildman–Crippen LogP) is 12.8. The summed E-state index contributed by atoms with van der Waals surface area (Å²) in [6.45, 7) is 7.81. The van der Waals surface area contributed by atoms with Crippen molar-refractivity contribution in [3.63, 3.8) is 0 Å². The molecule has 0 spiro atoms. The largest absolute Gasteiger partial charge is 0.386 e. The van der Waals surface area contributed by atoms with Gasteiger partial charge in [-0.05, 0) is 55.5 Å². The zero-order chi connectivity index (χ0) is 42.9. The van der Waals surface area contributed by atoms with Crippen LogP contribution in [0.15, 0.2) is 199 Å². The van der Waals surface area contributed by atoms with Crippen LogP contribution in [-0.2, 0) is 9.78 Å². The highest BCUT2D eigenvalue weighted by Crippen LogP contribution is 2.25. The second-order valence-corrected chi connectivity index (χ2v) is 15.5. The summed E-state index contributed by atoms with van der Waals surface area (Å²) < 4.78 is 2.12. The van der Waals surface area contributed by atoms with E-state index in [-0.39, 0.29) is 29.8 Å². The van der Waals surface area contributed by atoms with E-state index in [0.717, 1.165) is 42.4 Å². The average molecular weight is 829 g/mol. The molecule has 7 aromatic carbocycles. The normalized spacial score (nSPS) is 10.2. The van der Waals surface area contributed by atoms with E-state index >= 15 is 0 Å². The van der Waals surface area contributed by atoms with Gasteiger partial charge in [0, 0.05) is 42.3 Å². The summed E-state index contributed by atoms with van der Waals surface area (Å²) in [7, 11) is 0. The molecule has 0 N–H and O–H groups in total. The smallest absolute Gasteiger partial charge is 0.294 e. The highest BCUT2D eigenvalue weighted by molar-refractivity contribution is 7.24. The fraction of sp³-hybridized carbons (Fsp3) is 0.113. The molecule has 0 aliphatic rings. The van der Waals surface area contributed by atoms with E-state index in [1.807, 2.05) is 161 Å². The first kappa shape index (κ1) is 46.4. The molecule has 0 saturated carbocycles. The minimum absolute atomic E-state index is 0. The Morgan fingerprint density at radius 3 is 1.23 bits per heavy atom. The van der Waals surface area contributed by atoms with Crippen molar-refractivity contribution in [3.8, 4) is 0 Å². The number of Topliss-reactive ketones (excluding diaryl/α,β-unsaturated/α-hetero) is 1. The summed E-state index contributed by atoms with van der Waals surface area (Å²) >= 11 is 1.67. The van der Waals surface area contributed by atoms with Crippen molar-refractivity contribution in [2.45, 2.75) is 35.1 Å². The molecule has 0 unspecified atom stereocenters. The van der Waals surface area contributed by atoms with Gasteiger partial charge in [0.15, 0.2) is 17.0 Å². The van der Waals surface area contributed by atoms with Gasteiger partial charge in [0.05, 0.1) is 11.1 Å². The first-order chi connectivity index (χ1) is 28.9. The third-order valence-electron chi connectivity index (χ3n) is 8.73. The van der Waals surface area contributed by atoms with Gasteiger partial charge < -0.3 is 0 Å². The van der Waals surface area contributed by atoms with E-state index in [1.54, 1.807) is 72.0 Å². The molecule has 0 amide bonds. The number of aryl methyl sites for hydroxylation is 1. The maximum absolute atomic E-state index is 12.2. The van der Waals surface area contributed by atoms with Gasteiger partial charge in [-0.25, -0.2) is 19.4 Å². The lowest BCUT2D eigenvalue weighted by Crippen LogP contribution is -2.19. The van der Waals surface area contributed by atoms with Crippen molar-refractivity contribution in [2.75, 3.05) is 0 Å². The van der Waals surface area contributed by atoms with Gasteiger partial charge in [-0.2, -0.15) is 0 Å². The number of hydrogen-bond acceptors (Lipinski definition) is 8. The van der Waals surface area contributed by atoms with Crippen LogP contribution in [0.4, 0.5) is 0 Å². The fourth-order valence-electron chi connectivity index (χ4n) is 5.61. The number of benzene rings is 7. The van der Waals surface area contributed by atoms with Gasteiger partial charge in [0.2, 0.25) is 0 Å². The van der Waals surface area contributed by atoms with Crippen LogP contribution in [0.2, 0.25) is 0 Å². The van der Waals surface area contributed by atoms with Crippen molar-refractivity contribution in [1.82, 2.24) is 0 Å². The number of carbonyl (C=O) groups excluding carboxylic acids is 4. The minimum atomic E-state index is -0.708. The Morgan fingerprint density at radius 2 is 0.803 bits per heavy atom. The highest BCUT2D eigenvalue weighted by atomic mass is 32.1. The molecule has 7 nitrogen and oxygen atoms in total. The Morgan fingerprint density at radius 1 is 0.443 bits per heavy atom. The SMILES string of the molecule is C.CC(C)(C)C(=O)c1ccccc1.Cc1ccc2sc3ccccc3c(=O)c2c1.O=C(OOC(=O)c1ccccc1)c1ccccc1.O=C(c1ccccc1)c1ccccc1. The summed E-state index contributed by atoms with van der Waals surface area (Å²) in [4.78, 5) is 67.6. The molecule has 8 aromatic rings. The maximum Gasteiger partial charge on any atom is 0.386 e. The Labute approximate surface area is 360 Å². The molecule has 61 heavy (non-hydrogen) atoms. The molecule has 0 aliphatic heterocycles. The van der Waals surface area contributed by atoms with Crippen LogP contribution in [0.5, 0.6) is 0 Å². The lowest BCUT2D eigenvalue weighted by molar-refractivity contribution is -0.187. The monoisotopic (exact) mass is 828 g/mol. The molecule has 0 aliphatic carbocycles. The van der Waals surface area contributed by atoms with Crippen LogP contribution in [-0.4, -0.2) is 23.5 Å². The third-order valence-corrected chi connectivity index (χ3v) is 9.88. The second kappa shape index (κ2) is 22.8. The van der Waals surface area contributed by atoms with Crippen molar-refractivity contribution >= 4 is 55.0 Å². The summed E-state index contributed by atoms with van der Waals surface area (Å²) in [6, 6.07) is 58.4. The van der Waals surface area contributed by atoms with Crippen LogP contribution >= 0.6 is 11.3 Å². The Bertz CT molecular complexity index is 2620. The summed E-state index contributed by atoms with van der Waals surface area (Å²) in [6.07, 6.45) is 0. The third kappa shape index (κ3) is 13.6. The number of ketones is 2. The summed E-state index contributed by atoms with van der Waals surface area (Å²) in [5.74, 6) is -1.14. The van der Waals surface area contributed by atoms with Crippen LogP contribution in [0.1, 0.15) is 80.8 Å². The topological polar surface area (TPSA) is 104 Å². The van der Waals surface area contributed by atoms with Gasteiger partial charge >= 0.3 is 11.9 Å². The number of hydrogen-bond donors (Lipinski definition) is 0. The molecule has 0 saturated heterocycles. The summed E-state index contributed by atoms with van der Waals surface area (Å²) in [5.41, 5.74) is 3.90. The number of rotatable bonds is 5. The quantitative estimate of drug-likeness (QED) is 0.0736. The lowest BCUT2D eigenvalue weighted by Gasteiger charge is -2.16. The molecule has 8 heteroatoms. The van der Waals surface area contributed by atoms with Crippen LogP contribution in [0, 0.1) is 12.3 Å². The van der Waals surface area contributed by atoms with Gasteiger partial charge in [0.25, 0.3) is 0 Å². The van der Waals surface area contributed by atoms with Gasteiger partial charge in [-0.1, -0.05) is 179 Å². The zero-order valence-corrected chi connectivity index (χ0v) is 34.6. The van der Waals surface area contributed by atoms with Crippen molar-refractivity contribution in [3.05, 3.63) is 238 Å². The molecule has 8 rings (SSSR count). The fourth-order valence-corrected chi connectivity index (χ4v) is 6.66. The van der Waals surface area contributed by atoms with Crippen LogP contribution < -0.4 is 5.43 Å². The van der Waals surface area contributed by atoms with Crippen LogP contribution in [0.25, 0.3) is 20.2 Å². The number of carbonyl (C=O) groups is 4. The average Bonchev–Trinajstić information content (AvgIpc) is 3.30. The predicted molar refractivity (Wildman–Crippen MR) is 247 cm³/mol. The molecule has 1 heterocycles. The van der Waals surface area contributed by atoms with Gasteiger partial charge in [0.1, 0.15) is 0 Å². The van der Waals surface area contributed by atoms with E-state index in [0.29, 0.717) is 11.1 Å². The molecule has 0 atom stereocenters. The molecule has 308 valence electrons. The van der Waals surface area contributed by atoms with Crippen molar-refractivity contribution in [2.24, 2.45) is 5.41 Å². The molecule has 1 aromatic heterocycles. The van der Waals surface area contributed by atoms with E-state index in [4.69, 9.17) is 0 Å². The van der Waals surface area contributed by atoms with E-state index in [2.05, 4.69) is 9.78 Å². The molecular weight excluding hydrogens is 781 g/mol.